The maximum absolute atomic E-state index is 12.9. The van der Waals surface area contributed by atoms with Gasteiger partial charge in [-0.2, -0.15) is 0 Å². The monoisotopic (exact) mass is 457 g/mol. The van der Waals surface area contributed by atoms with E-state index >= 15 is 0 Å². The minimum absolute atomic E-state index is 0.0416. The number of anilines is 2. The van der Waals surface area contributed by atoms with Crippen molar-refractivity contribution in [3.63, 3.8) is 0 Å². The van der Waals surface area contributed by atoms with Crippen LogP contribution in [0.25, 0.3) is 11.3 Å². The first-order valence-corrected chi connectivity index (χ1v) is 10.6. The molecule has 0 aliphatic rings. The SMILES string of the molecule is CCCN(C(=O)Nc1cccc(C(C)=O)c1)c1nc(-c2cccc(Br)c2)cs1. The van der Waals surface area contributed by atoms with E-state index < -0.39 is 0 Å². The molecule has 0 atom stereocenters. The summed E-state index contributed by atoms with van der Waals surface area (Å²) in [6.07, 6.45) is 0.798. The summed E-state index contributed by atoms with van der Waals surface area (Å²) in [4.78, 5) is 30.7. The minimum atomic E-state index is -0.266. The number of ketones is 1. The lowest BCUT2D eigenvalue weighted by Crippen LogP contribution is -2.35. The zero-order valence-corrected chi connectivity index (χ0v) is 18.0. The van der Waals surface area contributed by atoms with Gasteiger partial charge in [-0.05, 0) is 37.6 Å². The molecule has 3 rings (SSSR count). The minimum Gasteiger partial charge on any atom is -0.307 e. The number of carbonyl (C=O) groups is 2. The number of amides is 2. The van der Waals surface area contributed by atoms with Crippen molar-refractivity contribution < 1.29 is 9.59 Å². The van der Waals surface area contributed by atoms with E-state index in [2.05, 4.69) is 26.2 Å². The van der Waals surface area contributed by atoms with Crippen LogP contribution in [0.5, 0.6) is 0 Å². The molecule has 28 heavy (non-hydrogen) atoms. The number of hydrogen-bond donors (Lipinski definition) is 1. The number of aromatic nitrogens is 1. The van der Waals surface area contributed by atoms with Gasteiger partial charge in [-0.15, -0.1) is 11.3 Å². The molecule has 144 valence electrons. The molecule has 0 unspecified atom stereocenters. The maximum atomic E-state index is 12.9. The number of rotatable bonds is 6. The molecule has 0 aliphatic carbocycles. The van der Waals surface area contributed by atoms with Crippen molar-refractivity contribution in [1.29, 1.82) is 0 Å². The van der Waals surface area contributed by atoms with Gasteiger partial charge in [-0.1, -0.05) is 47.1 Å². The Morgan fingerprint density at radius 2 is 1.96 bits per heavy atom. The van der Waals surface area contributed by atoms with Crippen LogP contribution in [-0.2, 0) is 0 Å². The molecule has 1 heterocycles. The van der Waals surface area contributed by atoms with Gasteiger partial charge in [0.25, 0.3) is 0 Å². The van der Waals surface area contributed by atoms with Crippen molar-refractivity contribution in [2.24, 2.45) is 0 Å². The zero-order valence-electron chi connectivity index (χ0n) is 15.6. The Labute approximate surface area is 176 Å². The molecule has 0 saturated carbocycles. The van der Waals surface area contributed by atoms with E-state index in [1.165, 1.54) is 18.3 Å². The van der Waals surface area contributed by atoms with Gasteiger partial charge in [0.1, 0.15) is 0 Å². The highest BCUT2D eigenvalue weighted by Crippen LogP contribution is 2.29. The van der Waals surface area contributed by atoms with E-state index in [1.54, 1.807) is 29.2 Å². The van der Waals surface area contributed by atoms with Crippen LogP contribution in [0.3, 0.4) is 0 Å². The molecular formula is C21H20BrN3O2S. The average Bonchev–Trinajstić information content (AvgIpc) is 3.16. The van der Waals surface area contributed by atoms with Crippen LogP contribution >= 0.6 is 27.3 Å². The largest absolute Gasteiger partial charge is 0.328 e. The molecule has 0 aliphatic heterocycles. The second-order valence-corrected chi connectivity index (χ2v) is 8.00. The molecule has 1 N–H and O–H groups in total. The Hall–Kier alpha value is -2.51. The molecule has 0 saturated heterocycles. The lowest BCUT2D eigenvalue weighted by molar-refractivity contribution is 0.101. The van der Waals surface area contributed by atoms with Crippen LogP contribution in [-0.4, -0.2) is 23.3 Å². The van der Waals surface area contributed by atoms with Gasteiger partial charge in [-0.25, -0.2) is 9.78 Å². The topological polar surface area (TPSA) is 62.3 Å². The van der Waals surface area contributed by atoms with Gasteiger partial charge in [0, 0.05) is 33.2 Å². The molecule has 0 fully saturated rings. The molecule has 0 bridgehead atoms. The molecular weight excluding hydrogens is 438 g/mol. The van der Waals surface area contributed by atoms with Gasteiger partial charge in [0.05, 0.1) is 5.69 Å². The fourth-order valence-corrected chi connectivity index (χ4v) is 3.94. The van der Waals surface area contributed by atoms with Crippen LogP contribution in [0.15, 0.2) is 58.4 Å². The highest BCUT2D eigenvalue weighted by molar-refractivity contribution is 9.10. The van der Waals surface area contributed by atoms with Crippen molar-refractivity contribution in [2.45, 2.75) is 20.3 Å². The van der Waals surface area contributed by atoms with Crippen LogP contribution < -0.4 is 10.2 Å². The molecule has 2 aromatic carbocycles. The lowest BCUT2D eigenvalue weighted by atomic mass is 10.1. The van der Waals surface area contributed by atoms with E-state index in [4.69, 9.17) is 0 Å². The van der Waals surface area contributed by atoms with Crippen LogP contribution in [0, 0.1) is 0 Å². The molecule has 2 amide bonds. The van der Waals surface area contributed by atoms with Crippen LogP contribution in [0.1, 0.15) is 30.6 Å². The third kappa shape index (κ3) is 4.85. The van der Waals surface area contributed by atoms with Crippen molar-refractivity contribution in [2.75, 3.05) is 16.8 Å². The second-order valence-electron chi connectivity index (χ2n) is 6.24. The fourth-order valence-electron chi connectivity index (χ4n) is 2.68. The number of benzene rings is 2. The molecule has 1 aromatic heterocycles. The van der Waals surface area contributed by atoms with Gasteiger partial charge in [0.2, 0.25) is 0 Å². The maximum Gasteiger partial charge on any atom is 0.328 e. The standard InChI is InChI=1S/C21H20BrN3O2S/c1-3-10-25(20(27)23-18-9-5-6-15(12-18)14(2)26)21-24-19(13-28-21)16-7-4-8-17(22)11-16/h4-9,11-13H,3,10H2,1-2H3,(H,23,27). The number of hydrogen-bond acceptors (Lipinski definition) is 4. The first kappa shape index (κ1) is 20.2. The summed E-state index contributed by atoms with van der Waals surface area (Å²) in [6, 6.07) is 14.6. The summed E-state index contributed by atoms with van der Waals surface area (Å²) < 4.78 is 0.980. The van der Waals surface area contributed by atoms with Crippen LogP contribution in [0.2, 0.25) is 0 Å². The summed E-state index contributed by atoms with van der Waals surface area (Å²) in [6.45, 7) is 4.06. The first-order chi connectivity index (χ1) is 13.5. The van der Waals surface area contributed by atoms with Crippen molar-refractivity contribution in [3.05, 3.63) is 63.9 Å². The molecule has 3 aromatic rings. The van der Waals surface area contributed by atoms with E-state index in [0.29, 0.717) is 22.9 Å². The van der Waals surface area contributed by atoms with E-state index in [0.717, 1.165) is 22.2 Å². The Morgan fingerprint density at radius 1 is 1.18 bits per heavy atom. The van der Waals surface area contributed by atoms with E-state index in [9.17, 15) is 9.59 Å². The Balaban J connectivity index is 1.82. The Morgan fingerprint density at radius 3 is 2.68 bits per heavy atom. The lowest BCUT2D eigenvalue weighted by Gasteiger charge is -2.20. The second kappa shape index (κ2) is 9.12. The quantitative estimate of drug-likeness (QED) is 0.446. The summed E-state index contributed by atoms with van der Waals surface area (Å²) in [5, 5.41) is 5.46. The first-order valence-electron chi connectivity index (χ1n) is 8.89. The summed E-state index contributed by atoms with van der Waals surface area (Å²) in [5.41, 5.74) is 2.96. The highest BCUT2D eigenvalue weighted by Gasteiger charge is 2.19. The molecule has 0 radical (unpaired) electrons. The van der Waals surface area contributed by atoms with Crippen molar-refractivity contribution in [3.8, 4) is 11.3 Å². The highest BCUT2D eigenvalue weighted by atomic mass is 79.9. The number of carbonyl (C=O) groups excluding carboxylic acids is 2. The van der Waals surface area contributed by atoms with Crippen molar-refractivity contribution >= 4 is 49.9 Å². The summed E-state index contributed by atoms with van der Waals surface area (Å²) in [5.74, 6) is -0.0416. The van der Waals surface area contributed by atoms with Gasteiger partial charge in [0.15, 0.2) is 10.9 Å². The molecule has 0 spiro atoms. The number of nitrogens with one attached hydrogen (secondary N) is 1. The molecule has 7 heteroatoms. The predicted octanol–water partition coefficient (Wildman–Crippen LogP) is 6.22. The Bertz CT molecular complexity index is 1000. The third-order valence-electron chi connectivity index (χ3n) is 4.06. The van der Waals surface area contributed by atoms with Crippen molar-refractivity contribution in [1.82, 2.24) is 4.98 Å². The third-order valence-corrected chi connectivity index (χ3v) is 5.41. The summed E-state index contributed by atoms with van der Waals surface area (Å²) >= 11 is 4.90. The van der Waals surface area contributed by atoms with E-state index in [1.807, 2.05) is 36.6 Å². The number of urea groups is 1. The zero-order chi connectivity index (χ0) is 20.1. The average molecular weight is 458 g/mol. The predicted molar refractivity (Wildman–Crippen MR) is 118 cm³/mol. The van der Waals surface area contributed by atoms with Gasteiger partial charge >= 0.3 is 6.03 Å². The summed E-state index contributed by atoms with van der Waals surface area (Å²) in [7, 11) is 0. The van der Waals surface area contributed by atoms with Gasteiger partial charge in [-0.3, -0.25) is 9.69 Å². The fraction of sp³-hybridized carbons (Fsp3) is 0.190. The molecule has 5 nitrogen and oxygen atoms in total. The number of Topliss-reactive ketones (excluding diaryl/α,β-unsaturated/α-hetero) is 1. The smallest absolute Gasteiger partial charge is 0.307 e. The van der Waals surface area contributed by atoms with E-state index in [-0.39, 0.29) is 11.8 Å². The van der Waals surface area contributed by atoms with Crippen LogP contribution in [0.4, 0.5) is 15.6 Å². The number of nitrogens with zero attached hydrogens (tertiary/aromatic N) is 2. The Kier molecular flexibility index (Phi) is 6.59. The number of thiazole rings is 1. The normalized spacial score (nSPS) is 10.5. The number of halogens is 1. The van der Waals surface area contributed by atoms with Gasteiger partial charge < -0.3 is 5.32 Å².